The molecule has 1 aromatic rings. The molecule has 0 saturated heterocycles. The van der Waals surface area contributed by atoms with Gasteiger partial charge in [0.15, 0.2) is 0 Å². The van der Waals surface area contributed by atoms with Gasteiger partial charge in [-0.25, -0.2) is 0 Å². The summed E-state index contributed by atoms with van der Waals surface area (Å²) in [6.45, 7) is -1.38. The Balaban J connectivity index is 1.90. The number of amides is 2. The van der Waals surface area contributed by atoms with Gasteiger partial charge in [0.25, 0.3) is 5.91 Å². The molecule has 1 aliphatic rings. The lowest BCUT2D eigenvalue weighted by Gasteiger charge is -2.17. The second kappa shape index (κ2) is 7.30. The van der Waals surface area contributed by atoms with Gasteiger partial charge in [0.05, 0.1) is 0 Å². The number of allylic oxidation sites excluding steroid dienone is 2. The van der Waals surface area contributed by atoms with Gasteiger partial charge in [0, 0.05) is 17.2 Å². The van der Waals surface area contributed by atoms with Crippen molar-refractivity contribution >= 4 is 17.5 Å². The van der Waals surface area contributed by atoms with Crippen LogP contribution in [0.25, 0.3) is 0 Å². The summed E-state index contributed by atoms with van der Waals surface area (Å²) in [6.07, 6.45) is 1.93. The number of carbonyl (C=O) groups excluding carboxylic acids is 2. The minimum atomic E-state index is -4.45. The molecule has 1 aliphatic carbocycles. The lowest BCUT2D eigenvalue weighted by atomic mass is 9.93. The van der Waals surface area contributed by atoms with Gasteiger partial charge < -0.3 is 10.6 Å². The first kappa shape index (κ1) is 17.1. The average molecular weight is 326 g/mol. The van der Waals surface area contributed by atoms with Gasteiger partial charge in [-0.1, -0.05) is 12.2 Å². The van der Waals surface area contributed by atoms with Gasteiger partial charge in [-0.15, -0.1) is 0 Å². The number of hydrogen-bond donors (Lipinski definition) is 2. The zero-order chi connectivity index (χ0) is 16.9. The third-order valence-corrected chi connectivity index (χ3v) is 3.50. The molecule has 0 saturated carbocycles. The number of rotatable bonds is 4. The van der Waals surface area contributed by atoms with Crippen LogP contribution in [0.2, 0.25) is 0 Å². The first-order valence-electron chi connectivity index (χ1n) is 7.26. The quantitative estimate of drug-likeness (QED) is 0.834. The molecule has 2 amide bonds. The average Bonchev–Trinajstić information content (AvgIpc) is 2.53. The van der Waals surface area contributed by atoms with Crippen molar-refractivity contribution in [3.05, 3.63) is 42.0 Å². The molecule has 124 valence electrons. The molecule has 0 bridgehead atoms. The van der Waals surface area contributed by atoms with Crippen molar-refractivity contribution in [1.82, 2.24) is 5.32 Å². The van der Waals surface area contributed by atoms with Gasteiger partial charge in [0.2, 0.25) is 5.91 Å². The summed E-state index contributed by atoms with van der Waals surface area (Å²) < 4.78 is 36.1. The van der Waals surface area contributed by atoms with Crippen molar-refractivity contribution in [3.8, 4) is 0 Å². The van der Waals surface area contributed by atoms with Crippen LogP contribution < -0.4 is 10.6 Å². The predicted octanol–water partition coefficient (Wildman–Crippen LogP) is 3.27. The molecular formula is C16H17F3N2O2. The molecule has 0 radical (unpaired) electrons. The van der Waals surface area contributed by atoms with Gasteiger partial charge in [0.1, 0.15) is 6.54 Å². The van der Waals surface area contributed by atoms with E-state index in [9.17, 15) is 22.8 Å². The minimum Gasteiger partial charge on any atom is -0.343 e. The Labute approximate surface area is 131 Å². The number of benzene rings is 1. The standard InChI is InChI=1S/C16H17F3N2O2/c17-16(18,19)10-20-14(22)12-6-8-13(9-7-12)21-15(23)11-4-2-1-3-5-11/h1-2,6-9,11H,3-5,10H2,(H,20,22)(H,21,23). The van der Waals surface area contributed by atoms with Crippen molar-refractivity contribution in [2.24, 2.45) is 5.92 Å². The van der Waals surface area contributed by atoms with Gasteiger partial charge >= 0.3 is 6.18 Å². The van der Waals surface area contributed by atoms with Crippen LogP contribution in [-0.2, 0) is 4.79 Å². The predicted molar refractivity (Wildman–Crippen MR) is 79.9 cm³/mol. The van der Waals surface area contributed by atoms with Crippen LogP contribution in [0.5, 0.6) is 0 Å². The molecular weight excluding hydrogens is 309 g/mol. The Morgan fingerprint density at radius 2 is 1.83 bits per heavy atom. The monoisotopic (exact) mass is 326 g/mol. The first-order valence-corrected chi connectivity index (χ1v) is 7.26. The van der Waals surface area contributed by atoms with Crippen LogP contribution in [0.15, 0.2) is 36.4 Å². The fourth-order valence-electron chi connectivity index (χ4n) is 2.26. The smallest absolute Gasteiger partial charge is 0.343 e. The molecule has 2 rings (SSSR count). The van der Waals surface area contributed by atoms with Gasteiger partial charge in [-0.3, -0.25) is 9.59 Å². The number of alkyl halides is 3. The molecule has 7 heteroatoms. The molecule has 1 atom stereocenters. The first-order chi connectivity index (χ1) is 10.8. The Hall–Kier alpha value is -2.31. The number of anilines is 1. The fraction of sp³-hybridized carbons (Fsp3) is 0.375. The maximum Gasteiger partial charge on any atom is 0.405 e. The zero-order valence-corrected chi connectivity index (χ0v) is 12.3. The van der Waals surface area contributed by atoms with Crippen LogP contribution in [-0.4, -0.2) is 24.5 Å². The Kier molecular flexibility index (Phi) is 5.41. The summed E-state index contributed by atoms with van der Waals surface area (Å²) in [5.74, 6) is -0.976. The van der Waals surface area contributed by atoms with Crippen LogP contribution in [0.4, 0.5) is 18.9 Å². The van der Waals surface area contributed by atoms with E-state index in [1.165, 1.54) is 24.3 Å². The molecule has 0 fully saturated rings. The maximum absolute atomic E-state index is 12.0. The second-order valence-electron chi connectivity index (χ2n) is 5.35. The molecule has 23 heavy (non-hydrogen) atoms. The molecule has 0 spiro atoms. The van der Waals surface area contributed by atoms with Crippen molar-refractivity contribution in [3.63, 3.8) is 0 Å². The number of carbonyl (C=O) groups is 2. The minimum absolute atomic E-state index is 0.0743. The van der Waals surface area contributed by atoms with E-state index < -0.39 is 18.6 Å². The van der Waals surface area contributed by atoms with Crippen molar-refractivity contribution in [1.29, 1.82) is 0 Å². The van der Waals surface area contributed by atoms with Crippen molar-refractivity contribution in [2.45, 2.75) is 25.4 Å². The molecule has 1 unspecified atom stereocenters. The van der Waals surface area contributed by atoms with Gasteiger partial charge in [-0.05, 0) is 43.5 Å². The third-order valence-electron chi connectivity index (χ3n) is 3.50. The molecule has 0 heterocycles. The highest BCUT2D eigenvalue weighted by Gasteiger charge is 2.27. The topological polar surface area (TPSA) is 58.2 Å². The molecule has 4 nitrogen and oxygen atoms in total. The summed E-state index contributed by atoms with van der Waals surface area (Å²) in [6, 6.07) is 5.75. The Morgan fingerprint density at radius 1 is 1.13 bits per heavy atom. The number of nitrogens with one attached hydrogen (secondary N) is 2. The van der Waals surface area contributed by atoms with Crippen LogP contribution >= 0.6 is 0 Å². The number of hydrogen-bond acceptors (Lipinski definition) is 2. The molecule has 0 aliphatic heterocycles. The van der Waals surface area contributed by atoms with E-state index in [0.29, 0.717) is 12.1 Å². The summed E-state index contributed by atoms with van der Waals surface area (Å²) in [4.78, 5) is 23.6. The summed E-state index contributed by atoms with van der Waals surface area (Å²) in [5.41, 5.74) is 0.616. The lowest BCUT2D eigenvalue weighted by molar-refractivity contribution is -0.123. The normalized spacial score (nSPS) is 17.6. The number of halogens is 3. The van der Waals surface area contributed by atoms with Gasteiger partial charge in [-0.2, -0.15) is 13.2 Å². The largest absolute Gasteiger partial charge is 0.405 e. The Bertz CT molecular complexity index is 594. The van der Waals surface area contributed by atoms with E-state index in [-0.39, 0.29) is 17.4 Å². The van der Waals surface area contributed by atoms with Crippen molar-refractivity contribution < 1.29 is 22.8 Å². The highest BCUT2D eigenvalue weighted by molar-refractivity contribution is 5.96. The van der Waals surface area contributed by atoms with E-state index >= 15 is 0 Å². The molecule has 0 aromatic heterocycles. The Morgan fingerprint density at radius 3 is 2.39 bits per heavy atom. The summed E-state index contributed by atoms with van der Waals surface area (Å²) in [5, 5.41) is 4.54. The van der Waals surface area contributed by atoms with Crippen LogP contribution in [0.3, 0.4) is 0 Å². The zero-order valence-electron chi connectivity index (χ0n) is 12.3. The highest BCUT2D eigenvalue weighted by atomic mass is 19.4. The van der Waals surface area contributed by atoms with Crippen LogP contribution in [0.1, 0.15) is 29.6 Å². The third kappa shape index (κ3) is 5.43. The SMILES string of the molecule is O=C(NCC(F)(F)F)c1ccc(NC(=O)C2CC=CCC2)cc1. The van der Waals surface area contributed by atoms with Crippen molar-refractivity contribution in [2.75, 3.05) is 11.9 Å². The lowest BCUT2D eigenvalue weighted by Crippen LogP contribution is -2.33. The molecule has 2 N–H and O–H groups in total. The van der Waals surface area contributed by atoms with E-state index in [4.69, 9.17) is 0 Å². The van der Waals surface area contributed by atoms with Crippen LogP contribution in [0, 0.1) is 5.92 Å². The highest BCUT2D eigenvalue weighted by Crippen LogP contribution is 2.20. The van der Waals surface area contributed by atoms with E-state index in [0.717, 1.165) is 12.8 Å². The van der Waals surface area contributed by atoms with E-state index in [1.807, 2.05) is 12.2 Å². The van der Waals surface area contributed by atoms with E-state index in [1.54, 1.807) is 5.32 Å². The maximum atomic E-state index is 12.0. The summed E-state index contributed by atoms with van der Waals surface area (Å²) in [7, 11) is 0. The second-order valence-corrected chi connectivity index (χ2v) is 5.35. The fourth-order valence-corrected chi connectivity index (χ4v) is 2.26. The van der Waals surface area contributed by atoms with E-state index in [2.05, 4.69) is 5.32 Å². The molecule has 1 aromatic carbocycles. The summed E-state index contributed by atoms with van der Waals surface area (Å²) >= 11 is 0.